The zero-order chi connectivity index (χ0) is 18.6. The van der Waals surface area contributed by atoms with Crippen molar-refractivity contribution in [1.82, 2.24) is 10.2 Å². The minimum Gasteiger partial charge on any atom is -0.481 e. The first-order valence-corrected chi connectivity index (χ1v) is 8.66. The van der Waals surface area contributed by atoms with Gasteiger partial charge in [-0.25, -0.2) is 0 Å². The van der Waals surface area contributed by atoms with E-state index in [9.17, 15) is 14.4 Å². The van der Waals surface area contributed by atoms with E-state index in [2.05, 4.69) is 5.32 Å². The molecule has 2 N–H and O–H groups in total. The highest BCUT2D eigenvalue weighted by atomic mass is 16.4. The Balaban J connectivity index is 2.17. The quantitative estimate of drug-likeness (QED) is 0.823. The van der Waals surface area contributed by atoms with E-state index in [4.69, 9.17) is 5.11 Å². The zero-order valence-corrected chi connectivity index (χ0v) is 15.0. The van der Waals surface area contributed by atoms with Crippen LogP contribution in [0.25, 0.3) is 0 Å². The van der Waals surface area contributed by atoms with Gasteiger partial charge in [0, 0.05) is 25.9 Å². The van der Waals surface area contributed by atoms with Gasteiger partial charge in [-0.05, 0) is 17.0 Å². The van der Waals surface area contributed by atoms with Crippen LogP contribution >= 0.6 is 0 Å². The highest BCUT2D eigenvalue weighted by Crippen LogP contribution is 2.25. The van der Waals surface area contributed by atoms with Gasteiger partial charge >= 0.3 is 5.97 Å². The standard InChI is InChI=1S/C19H26N2O4/c1-12(2)8-17(22)21-11-15-7-5-4-6-14(15)9-16(21)18(23)20-10-13(3)19(24)25/h4-7,12-13,16H,8-11H2,1-3H3,(H,20,23)(H,24,25). The number of nitrogens with zero attached hydrogens (tertiary/aromatic N) is 1. The molecule has 25 heavy (non-hydrogen) atoms. The molecule has 0 saturated heterocycles. The van der Waals surface area contributed by atoms with Crippen molar-refractivity contribution in [3.63, 3.8) is 0 Å². The summed E-state index contributed by atoms with van der Waals surface area (Å²) in [5.41, 5.74) is 2.12. The average Bonchev–Trinajstić information content (AvgIpc) is 2.57. The number of fused-ring (bicyclic) bond motifs is 1. The number of amides is 2. The molecule has 0 fully saturated rings. The number of rotatable bonds is 6. The summed E-state index contributed by atoms with van der Waals surface area (Å²) in [6.07, 6.45) is 0.838. The molecule has 6 nitrogen and oxygen atoms in total. The fraction of sp³-hybridized carbons (Fsp3) is 0.526. The second-order valence-electron chi connectivity index (χ2n) is 7.09. The van der Waals surface area contributed by atoms with Crippen LogP contribution in [-0.2, 0) is 27.3 Å². The van der Waals surface area contributed by atoms with Crippen molar-refractivity contribution < 1.29 is 19.5 Å². The summed E-state index contributed by atoms with van der Waals surface area (Å²) in [7, 11) is 0. The number of carbonyl (C=O) groups is 3. The van der Waals surface area contributed by atoms with E-state index in [1.54, 1.807) is 11.8 Å². The van der Waals surface area contributed by atoms with Crippen molar-refractivity contribution in [2.24, 2.45) is 11.8 Å². The Hall–Kier alpha value is -2.37. The van der Waals surface area contributed by atoms with Gasteiger partial charge in [0.25, 0.3) is 0 Å². The third kappa shape index (κ3) is 4.81. The Bertz CT molecular complexity index is 657. The number of carboxylic acid groups (broad SMARTS) is 1. The largest absolute Gasteiger partial charge is 0.481 e. The fourth-order valence-corrected chi connectivity index (χ4v) is 2.94. The first-order valence-electron chi connectivity index (χ1n) is 8.66. The lowest BCUT2D eigenvalue weighted by Crippen LogP contribution is -2.53. The van der Waals surface area contributed by atoms with Crippen LogP contribution in [0.2, 0.25) is 0 Å². The van der Waals surface area contributed by atoms with E-state index >= 15 is 0 Å². The molecule has 1 heterocycles. The molecular weight excluding hydrogens is 320 g/mol. The van der Waals surface area contributed by atoms with Crippen molar-refractivity contribution in [2.75, 3.05) is 6.54 Å². The lowest BCUT2D eigenvalue weighted by atomic mass is 9.92. The summed E-state index contributed by atoms with van der Waals surface area (Å²) >= 11 is 0. The van der Waals surface area contributed by atoms with Crippen molar-refractivity contribution in [2.45, 2.75) is 46.2 Å². The number of nitrogens with one attached hydrogen (secondary N) is 1. The van der Waals surface area contributed by atoms with Crippen molar-refractivity contribution in [1.29, 1.82) is 0 Å². The number of benzene rings is 1. The summed E-state index contributed by atoms with van der Waals surface area (Å²) in [5, 5.41) is 11.6. The Labute approximate surface area is 148 Å². The first kappa shape index (κ1) is 19.0. The third-order valence-electron chi connectivity index (χ3n) is 4.46. The van der Waals surface area contributed by atoms with Crippen molar-refractivity contribution in [3.05, 3.63) is 35.4 Å². The molecule has 1 aromatic carbocycles. The second kappa shape index (κ2) is 8.14. The molecule has 1 aliphatic heterocycles. The number of carbonyl (C=O) groups excluding carboxylic acids is 2. The summed E-state index contributed by atoms with van der Waals surface area (Å²) < 4.78 is 0. The SMILES string of the molecule is CC(C)CC(=O)N1Cc2ccccc2CC1C(=O)NCC(C)C(=O)O. The molecule has 2 atom stereocenters. The van der Waals surface area contributed by atoms with Crippen LogP contribution in [0.4, 0.5) is 0 Å². The van der Waals surface area contributed by atoms with E-state index in [0.717, 1.165) is 11.1 Å². The molecule has 0 aliphatic carbocycles. The molecule has 6 heteroatoms. The summed E-state index contributed by atoms with van der Waals surface area (Å²) in [6.45, 7) is 5.95. The maximum atomic E-state index is 12.6. The molecular formula is C19H26N2O4. The predicted molar refractivity (Wildman–Crippen MR) is 93.7 cm³/mol. The molecule has 0 bridgehead atoms. The van der Waals surface area contributed by atoms with Gasteiger partial charge in [0.1, 0.15) is 6.04 Å². The lowest BCUT2D eigenvalue weighted by Gasteiger charge is -2.36. The van der Waals surface area contributed by atoms with Crippen LogP contribution in [0.15, 0.2) is 24.3 Å². The molecule has 2 unspecified atom stereocenters. The monoisotopic (exact) mass is 346 g/mol. The summed E-state index contributed by atoms with van der Waals surface area (Å²) in [4.78, 5) is 37.8. The second-order valence-corrected chi connectivity index (χ2v) is 7.09. The molecule has 136 valence electrons. The molecule has 0 spiro atoms. The van der Waals surface area contributed by atoms with Crippen LogP contribution in [0, 0.1) is 11.8 Å². The first-order chi connectivity index (χ1) is 11.8. The summed E-state index contributed by atoms with van der Waals surface area (Å²) in [6, 6.07) is 7.21. The Morgan fingerprint density at radius 1 is 1.20 bits per heavy atom. The van der Waals surface area contributed by atoms with Gasteiger partial charge < -0.3 is 15.3 Å². The van der Waals surface area contributed by atoms with Crippen molar-refractivity contribution >= 4 is 17.8 Å². The average molecular weight is 346 g/mol. The fourth-order valence-electron chi connectivity index (χ4n) is 2.94. The zero-order valence-electron chi connectivity index (χ0n) is 15.0. The Kier molecular flexibility index (Phi) is 6.17. The van der Waals surface area contributed by atoms with Gasteiger partial charge in [0.15, 0.2) is 0 Å². The highest BCUT2D eigenvalue weighted by Gasteiger charge is 2.34. The van der Waals surface area contributed by atoms with E-state index in [-0.39, 0.29) is 24.3 Å². The maximum absolute atomic E-state index is 12.6. The van der Waals surface area contributed by atoms with Gasteiger partial charge in [-0.1, -0.05) is 45.0 Å². The third-order valence-corrected chi connectivity index (χ3v) is 4.46. The van der Waals surface area contributed by atoms with E-state index in [1.807, 2.05) is 38.1 Å². The van der Waals surface area contributed by atoms with Crippen LogP contribution in [0.5, 0.6) is 0 Å². The minimum atomic E-state index is -0.956. The van der Waals surface area contributed by atoms with Crippen LogP contribution in [0.1, 0.15) is 38.3 Å². The molecule has 0 radical (unpaired) electrons. The topological polar surface area (TPSA) is 86.7 Å². The van der Waals surface area contributed by atoms with Crippen molar-refractivity contribution in [3.8, 4) is 0 Å². The van der Waals surface area contributed by atoms with E-state index < -0.39 is 17.9 Å². The Morgan fingerprint density at radius 2 is 1.84 bits per heavy atom. The number of aliphatic carboxylic acids is 1. The van der Waals surface area contributed by atoms with Crippen LogP contribution in [0.3, 0.4) is 0 Å². The smallest absolute Gasteiger partial charge is 0.308 e. The van der Waals surface area contributed by atoms with Gasteiger partial charge in [-0.3, -0.25) is 14.4 Å². The van der Waals surface area contributed by atoms with Crippen LogP contribution < -0.4 is 5.32 Å². The summed E-state index contributed by atoms with van der Waals surface area (Å²) in [5.74, 6) is -1.75. The minimum absolute atomic E-state index is 0.0454. The van der Waals surface area contributed by atoms with Crippen LogP contribution in [-0.4, -0.2) is 40.4 Å². The van der Waals surface area contributed by atoms with Gasteiger partial charge in [0.05, 0.1) is 5.92 Å². The predicted octanol–water partition coefficient (Wildman–Crippen LogP) is 1.82. The number of hydrogen-bond donors (Lipinski definition) is 2. The maximum Gasteiger partial charge on any atom is 0.308 e. The van der Waals surface area contributed by atoms with E-state index in [1.165, 1.54) is 0 Å². The molecule has 2 amide bonds. The van der Waals surface area contributed by atoms with Gasteiger partial charge in [-0.15, -0.1) is 0 Å². The molecule has 0 aromatic heterocycles. The highest BCUT2D eigenvalue weighted by molar-refractivity contribution is 5.88. The molecule has 1 aliphatic rings. The number of carboxylic acids is 1. The van der Waals surface area contributed by atoms with Gasteiger partial charge in [-0.2, -0.15) is 0 Å². The molecule has 0 saturated carbocycles. The normalized spacial score (nSPS) is 17.8. The molecule has 2 rings (SSSR count). The lowest BCUT2D eigenvalue weighted by molar-refractivity contribution is -0.144. The van der Waals surface area contributed by atoms with E-state index in [0.29, 0.717) is 19.4 Å². The number of hydrogen-bond acceptors (Lipinski definition) is 3. The molecule has 1 aromatic rings. The van der Waals surface area contributed by atoms with Gasteiger partial charge in [0.2, 0.25) is 11.8 Å². The Morgan fingerprint density at radius 3 is 2.44 bits per heavy atom.